The number of hydrogen-bond acceptors (Lipinski definition) is 4. The van der Waals surface area contributed by atoms with Gasteiger partial charge in [0.05, 0.1) is 5.39 Å². The molecule has 3 nitrogen and oxygen atoms in total. The molecule has 104 valence electrons. The number of anilines is 1. The first-order valence-electron chi connectivity index (χ1n) is 6.63. The highest BCUT2D eigenvalue weighted by molar-refractivity contribution is 7.18. The van der Waals surface area contributed by atoms with Crippen molar-refractivity contribution in [2.24, 2.45) is 0 Å². The fraction of sp³-hybridized carbons (Fsp3) is 0.571. The van der Waals surface area contributed by atoms with E-state index in [0.29, 0.717) is 0 Å². The van der Waals surface area contributed by atoms with Crippen LogP contribution in [0.25, 0.3) is 10.2 Å². The molecule has 0 atom stereocenters. The molecule has 2 rings (SSSR count). The summed E-state index contributed by atoms with van der Waals surface area (Å²) in [7, 11) is 2.11. The summed E-state index contributed by atoms with van der Waals surface area (Å²) < 4.78 is 0. The van der Waals surface area contributed by atoms with Crippen LogP contribution in [0.5, 0.6) is 0 Å². The largest absolute Gasteiger partial charge is 0.359 e. The molecule has 0 aliphatic heterocycles. The molecule has 0 N–H and O–H groups in total. The maximum atomic E-state index is 5.70. The van der Waals surface area contributed by atoms with Gasteiger partial charge in [0.25, 0.3) is 0 Å². The first-order valence-corrected chi connectivity index (χ1v) is 7.98. The van der Waals surface area contributed by atoms with Gasteiger partial charge >= 0.3 is 0 Å². The van der Waals surface area contributed by atoms with Crippen molar-refractivity contribution in [3.05, 3.63) is 16.8 Å². The van der Waals surface area contributed by atoms with Crippen LogP contribution in [0.2, 0.25) is 0 Å². The van der Waals surface area contributed by atoms with Crippen LogP contribution in [-0.2, 0) is 0 Å². The van der Waals surface area contributed by atoms with Crippen molar-refractivity contribution in [3.8, 4) is 0 Å². The Morgan fingerprint density at radius 3 is 2.74 bits per heavy atom. The number of nitrogens with zero attached hydrogens (tertiary/aromatic N) is 3. The summed E-state index contributed by atoms with van der Waals surface area (Å²) in [5, 5.41) is 1.21. The highest BCUT2D eigenvalue weighted by Crippen LogP contribution is 2.33. The number of halogens is 1. The van der Waals surface area contributed by atoms with Gasteiger partial charge in [-0.15, -0.1) is 22.9 Å². The number of fused-ring (bicyclic) bond motifs is 1. The molecule has 0 bridgehead atoms. The van der Waals surface area contributed by atoms with Crippen molar-refractivity contribution >= 4 is 39.0 Å². The lowest BCUT2D eigenvalue weighted by atomic mass is 10.2. The highest BCUT2D eigenvalue weighted by Gasteiger charge is 2.14. The van der Waals surface area contributed by atoms with E-state index in [9.17, 15) is 0 Å². The van der Waals surface area contributed by atoms with Crippen molar-refractivity contribution in [1.82, 2.24) is 9.97 Å². The van der Waals surface area contributed by atoms with Crippen LogP contribution in [0.15, 0.2) is 6.33 Å². The molecule has 0 saturated carbocycles. The SMILES string of the molecule is Cc1sc2ncnc(N(C)CCCCCCl)c2c1C. The highest BCUT2D eigenvalue weighted by atomic mass is 35.5. The molecule has 0 spiro atoms. The number of thiophene rings is 1. The molecule has 0 aliphatic carbocycles. The quantitative estimate of drug-likeness (QED) is 0.592. The van der Waals surface area contributed by atoms with Gasteiger partial charge in [0, 0.05) is 24.3 Å². The van der Waals surface area contributed by atoms with Gasteiger partial charge in [-0.3, -0.25) is 0 Å². The minimum Gasteiger partial charge on any atom is -0.359 e. The van der Waals surface area contributed by atoms with Crippen molar-refractivity contribution < 1.29 is 0 Å². The van der Waals surface area contributed by atoms with Crippen LogP contribution in [0.1, 0.15) is 29.7 Å². The van der Waals surface area contributed by atoms with Crippen molar-refractivity contribution in [2.45, 2.75) is 33.1 Å². The number of alkyl halides is 1. The number of rotatable bonds is 6. The minimum absolute atomic E-state index is 0.754. The Balaban J connectivity index is 2.19. The second-order valence-electron chi connectivity index (χ2n) is 4.83. The van der Waals surface area contributed by atoms with E-state index >= 15 is 0 Å². The summed E-state index contributed by atoms with van der Waals surface area (Å²) in [5.74, 6) is 1.81. The lowest BCUT2D eigenvalue weighted by Gasteiger charge is -2.19. The summed E-state index contributed by atoms with van der Waals surface area (Å²) in [6.07, 6.45) is 5.08. The molecular formula is C14H20ClN3S. The number of unbranched alkanes of at least 4 members (excludes halogenated alkanes) is 2. The standard InChI is InChI=1S/C14H20ClN3S/c1-10-11(2)19-14-12(10)13(16-9-17-14)18(3)8-6-4-5-7-15/h9H,4-8H2,1-3H3. The molecule has 0 amide bonds. The van der Waals surface area contributed by atoms with Gasteiger partial charge in [-0.05, 0) is 32.3 Å². The molecule has 0 fully saturated rings. The predicted molar refractivity (Wildman–Crippen MR) is 84.7 cm³/mol. The molecule has 19 heavy (non-hydrogen) atoms. The smallest absolute Gasteiger partial charge is 0.140 e. The van der Waals surface area contributed by atoms with E-state index in [2.05, 4.69) is 35.8 Å². The summed E-state index contributed by atoms with van der Waals surface area (Å²) in [6, 6.07) is 0. The van der Waals surface area contributed by atoms with Gasteiger partial charge in [-0.2, -0.15) is 0 Å². The summed E-state index contributed by atoms with van der Waals surface area (Å²) >= 11 is 7.45. The van der Waals surface area contributed by atoms with Crippen molar-refractivity contribution in [3.63, 3.8) is 0 Å². The second kappa shape index (κ2) is 6.53. The van der Waals surface area contributed by atoms with E-state index in [-0.39, 0.29) is 0 Å². The first-order chi connectivity index (χ1) is 9.15. The van der Waals surface area contributed by atoms with Crippen LogP contribution < -0.4 is 4.90 Å². The predicted octanol–water partition coefficient (Wildman–Crippen LogP) is 4.15. The maximum Gasteiger partial charge on any atom is 0.140 e. The van der Waals surface area contributed by atoms with Crippen LogP contribution in [-0.4, -0.2) is 29.4 Å². The molecule has 0 unspecified atom stereocenters. The van der Waals surface area contributed by atoms with E-state index in [0.717, 1.165) is 35.9 Å². The monoisotopic (exact) mass is 297 g/mol. The summed E-state index contributed by atoms with van der Waals surface area (Å²) in [5.41, 5.74) is 1.31. The molecule has 0 radical (unpaired) electrons. The average Bonchev–Trinajstić information content (AvgIpc) is 2.70. The van der Waals surface area contributed by atoms with Gasteiger partial charge in [-0.25, -0.2) is 9.97 Å². The molecular weight excluding hydrogens is 278 g/mol. The lowest BCUT2D eigenvalue weighted by Crippen LogP contribution is -2.20. The molecule has 2 aromatic rings. The molecule has 5 heteroatoms. The van der Waals surface area contributed by atoms with E-state index < -0.39 is 0 Å². The maximum absolute atomic E-state index is 5.70. The molecule has 0 aromatic carbocycles. The Kier molecular flexibility index (Phi) is 4.99. The Labute approximate surface area is 123 Å². The average molecular weight is 298 g/mol. The molecule has 2 heterocycles. The van der Waals surface area contributed by atoms with E-state index in [1.807, 2.05) is 0 Å². The lowest BCUT2D eigenvalue weighted by molar-refractivity contribution is 0.705. The first kappa shape index (κ1) is 14.5. The third kappa shape index (κ3) is 3.18. The molecule has 2 aromatic heterocycles. The van der Waals surface area contributed by atoms with Gasteiger partial charge in [0.2, 0.25) is 0 Å². The Morgan fingerprint density at radius 2 is 2.00 bits per heavy atom. The molecule has 0 aliphatic rings. The zero-order valence-corrected chi connectivity index (χ0v) is 13.3. The van der Waals surface area contributed by atoms with Crippen LogP contribution in [0.3, 0.4) is 0 Å². The Morgan fingerprint density at radius 1 is 1.21 bits per heavy atom. The van der Waals surface area contributed by atoms with E-state index in [4.69, 9.17) is 11.6 Å². The summed E-state index contributed by atoms with van der Waals surface area (Å²) in [4.78, 5) is 13.5. The third-order valence-corrected chi connectivity index (χ3v) is 4.82. The fourth-order valence-corrected chi connectivity index (χ4v) is 3.36. The minimum atomic E-state index is 0.754. The Bertz CT molecular complexity index is 553. The number of aromatic nitrogens is 2. The topological polar surface area (TPSA) is 29.0 Å². The van der Waals surface area contributed by atoms with Gasteiger partial charge in [0.1, 0.15) is 17.0 Å². The van der Waals surface area contributed by atoms with Crippen molar-refractivity contribution in [2.75, 3.05) is 24.4 Å². The molecule has 0 saturated heterocycles. The van der Waals surface area contributed by atoms with Gasteiger partial charge < -0.3 is 4.90 Å². The van der Waals surface area contributed by atoms with Gasteiger partial charge in [-0.1, -0.05) is 6.42 Å². The van der Waals surface area contributed by atoms with E-state index in [1.54, 1.807) is 17.7 Å². The van der Waals surface area contributed by atoms with Crippen LogP contribution in [0.4, 0.5) is 5.82 Å². The zero-order chi connectivity index (χ0) is 13.8. The summed E-state index contributed by atoms with van der Waals surface area (Å²) in [6.45, 7) is 5.31. The normalized spacial score (nSPS) is 11.2. The third-order valence-electron chi connectivity index (χ3n) is 3.43. The fourth-order valence-electron chi connectivity index (χ4n) is 2.18. The van der Waals surface area contributed by atoms with E-state index in [1.165, 1.54) is 22.2 Å². The van der Waals surface area contributed by atoms with Crippen LogP contribution >= 0.6 is 22.9 Å². The number of aryl methyl sites for hydroxylation is 2. The number of hydrogen-bond donors (Lipinski definition) is 0. The Hall–Kier alpha value is -0.870. The zero-order valence-electron chi connectivity index (χ0n) is 11.7. The van der Waals surface area contributed by atoms with Gasteiger partial charge in [0.15, 0.2) is 0 Å². The van der Waals surface area contributed by atoms with Crippen molar-refractivity contribution in [1.29, 1.82) is 0 Å². The van der Waals surface area contributed by atoms with Crippen LogP contribution in [0, 0.1) is 13.8 Å². The second-order valence-corrected chi connectivity index (χ2v) is 6.41.